The molecule has 0 bridgehead atoms. The van der Waals surface area contributed by atoms with Gasteiger partial charge in [0.2, 0.25) is 0 Å². The van der Waals surface area contributed by atoms with Gasteiger partial charge in [-0.15, -0.1) is 0 Å². The van der Waals surface area contributed by atoms with Crippen molar-refractivity contribution in [2.45, 2.75) is 32.2 Å². The molecular weight excluding hydrogens is 164 g/mol. The van der Waals surface area contributed by atoms with E-state index in [1.54, 1.807) is 0 Å². The lowest BCUT2D eigenvalue weighted by Crippen LogP contribution is -2.42. The molecule has 13 heavy (non-hydrogen) atoms. The first kappa shape index (κ1) is 10.5. The fraction of sp³-hybridized carbons (Fsp3) is 0.900. The zero-order chi connectivity index (χ0) is 9.68. The van der Waals surface area contributed by atoms with E-state index in [0.717, 1.165) is 25.9 Å². The van der Waals surface area contributed by atoms with E-state index in [4.69, 9.17) is 10.4 Å². The number of aliphatic hydroxyl groups excluding tert-OH is 1. The highest BCUT2D eigenvalue weighted by Gasteiger charge is 2.22. The molecule has 0 saturated carbocycles. The molecule has 2 unspecified atom stereocenters. The van der Waals surface area contributed by atoms with Crippen LogP contribution in [0.4, 0.5) is 0 Å². The number of hydrogen-bond donors (Lipinski definition) is 1. The average molecular weight is 182 g/mol. The van der Waals surface area contributed by atoms with Gasteiger partial charge in [0.15, 0.2) is 0 Å². The average Bonchev–Trinajstić information content (AvgIpc) is 2.18. The molecular formula is C10H18N2O. The molecule has 3 nitrogen and oxygen atoms in total. The summed E-state index contributed by atoms with van der Waals surface area (Å²) in [6.07, 6.45) is 2.88. The van der Waals surface area contributed by atoms with Crippen LogP contribution in [0.1, 0.15) is 26.2 Å². The predicted octanol–water partition coefficient (Wildman–Crippen LogP) is 0.993. The lowest BCUT2D eigenvalue weighted by atomic mass is 9.97. The van der Waals surface area contributed by atoms with Gasteiger partial charge in [-0.1, -0.05) is 0 Å². The van der Waals surface area contributed by atoms with Gasteiger partial charge in [0.25, 0.3) is 0 Å². The maximum Gasteiger partial charge on any atom is 0.0638 e. The van der Waals surface area contributed by atoms with Crippen molar-refractivity contribution < 1.29 is 5.11 Å². The molecule has 1 fully saturated rings. The Bertz CT molecular complexity index is 188. The van der Waals surface area contributed by atoms with E-state index in [0.29, 0.717) is 18.4 Å². The number of aliphatic hydroxyl groups is 1. The monoisotopic (exact) mass is 182 g/mol. The van der Waals surface area contributed by atoms with E-state index in [1.807, 2.05) is 0 Å². The van der Waals surface area contributed by atoms with E-state index in [2.05, 4.69) is 17.9 Å². The third-order valence-corrected chi connectivity index (χ3v) is 2.82. The number of nitriles is 1. The third-order valence-electron chi connectivity index (χ3n) is 2.82. The summed E-state index contributed by atoms with van der Waals surface area (Å²) in [6, 6.07) is 2.54. The molecule has 3 heteroatoms. The highest BCUT2D eigenvalue weighted by Crippen LogP contribution is 2.18. The third kappa shape index (κ3) is 2.98. The van der Waals surface area contributed by atoms with Crippen LogP contribution < -0.4 is 0 Å². The van der Waals surface area contributed by atoms with E-state index in [1.165, 1.54) is 0 Å². The van der Waals surface area contributed by atoms with Crippen LogP contribution in [0.2, 0.25) is 0 Å². The number of likely N-dealkylation sites (tertiary alicyclic amines) is 1. The largest absolute Gasteiger partial charge is 0.396 e. The molecule has 1 rings (SSSR count). The summed E-state index contributed by atoms with van der Waals surface area (Å²) in [6.45, 7) is 4.41. The summed E-state index contributed by atoms with van der Waals surface area (Å²) < 4.78 is 0. The van der Waals surface area contributed by atoms with Crippen molar-refractivity contribution in [1.29, 1.82) is 5.26 Å². The quantitative estimate of drug-likeness (QED) is 0.708. The summed E-state index contributed by atoms with van der Waals surface area (Å²) >= 11 is 0. The zero-order valence-electron chi connectivity index (χ0n) is 8.24. The smallest absolute Gasteiger partial charge is 0.0638 e. The minimum Gasteiger partial charge on any atom is -0.396 e. The predicted molar refractivity (Wildman–Crippen MR) is 51.1 cm³/mol. The highest BCUT2D eigenvalue weighted by molar-refractivity contribution is 4.83. The van der Waals surface area contributed by atoms with E-state index in [-0.39, 0.29) is 6.61 Å². The molecule has 0 aromatic heterocycles. The number of rotatable bonds is 3. The van der Waals surface area contributed by atoms with Gasteiger partial charge in [-0.25, -0.2) is 0 Å². The van der Waals surface area contributed by atoms with Gasteiger partial charge in [-0.05, 0) is 32.2 Å². The molecule has 1 aliphatic rings. The van der Waals surface area contributed by atoms with E-state index >= 15 is 0 Å². The molecule has 1 N–H and O–H groups in total. The van der Waals surface area contributed by atoms with Crippen LogP contribution in [0.15, 0.2) is 0 Å². The minimum atomic E-state index is 0.287. The Labute approximate surface area is 80.0 Å². The summed E-state index contributed by atoms with van der Waals surface area (Å²) in [5.74, 6) is 0.426. The maximum absolute atomic E-state index is 9.03. The van der Waals surface area contributed by atoms with Crippen molar-refractivity contribution >= 4 is 0 Å². The molecule has 2 atom stereocenters. The summed E-state index contributed by atoms with van der Waals surface area (Å²) in [5.41, 5.74) is 0. The van der Waals surface area contributed by atoms with Crippen LogP contribution in [0.3, 0.4) is 0 Å². The first-order chi connectivity index (χ1) is 6.27. The van der Waals surface area contributed by atoms with Crippen molar-refractivity contribution in [2.75, 3.05) is 19.7 Å². The standard InChI is InChI=1S/C10H18N2O/c1-9(4-5-11)12-6-2-3-10(7-12)8-13/h9-10,13H,2-4,6-8H2,1H3. The Hall–Kier alpha value is -0.590. The molecule has 0 spiro atoms. The summed E-state index contributed by atoms with van der Waals surface area (Å²) in [5, 5.41) is 17.6. The Morgan fingerprint density at radius 2 is 2.46 bits per heavy atom. The van der Waals surface area contributed by atoms with Crippen molar-refractivity contribution in [2.24, 2.45) is 5.92 Å². The lowest BCUT2D eigenvalue weighted by molar-refractivity contribution is 0.0949. The van der Waals surface area contributed by atoms with Gasteiger partial charge >= 0.3 is 0 Å². The van der Waals surface area contributed by atoms with Gasteiger partial charge in [-0.3, -0.25) is 4.90 Å². The fourth-order valence-electron chi connectivity index (χ4n) is 1.91. The Kier molecular flexibility index (Phi) is 4.20. The van der Waals surface area contributed by atoms with E-state index < -0.39 is 0 Å². The van der Waals surface area contributed by atoms with E-state index in [9.17, 15) is 0 Å². The molecule has 1 saturated heterocycles. The molecule has 0 amide bonds. The molecule has 1 aliphatic heterocycles. The van der Waals surface area contributed by atoms with Crippen LogP contribution in [-0.4, -0.2) is 35.7 Å². The summed E-state index contributed by atoms with van der Waals surface area (Å²) in [4.78, 5) is 2.31. The topological polar surface area (TPSA) is 47.3 Å². The van der Waals surface area contributed by atoms with Crippen LogP contribution in [-0.2, 0) is 0 Å². The highest BCUT2D eigenvalue weighted by atomic mass is 16.3. The normalized spacial score (nSPS) is 26.7. The Morgan fingerprint density at radius 1 is 1.69 bits per heavy atom. The van der Waals surface area contributed by atoms with Crippen LogP contribution in [0.5, 0.6) is 0 Å². The van der Waals surface area contributed by atoms with Gasteiger partial charge in [0.1, 0.15) is 0 Å². The Balaban J connectivity index is 2.37. The number of piperidine rings is 1. The van der Waals surface area contributed by atoms with Gasteiger partial charge in [0.05, 0.1) is 12.5 Å². The van der Waals surface area contributed by atoms with Crippen LogP contribution in [0.25, 0.3) is 0 Å². The molecule has 74 valence electrons. The fourth-order valence-corrected chi connectivity index (χ4v) is 1.91. The number of nitrogens with zero attached hydrogens (tertiary/aromatic N) is 2. The first-order valence-corrected chi connectivity index (χ1v) is 4.99. The first-order valence-electron chi connectivity index (χ1n) is 4.99. The minimum absolute atomic E-state index is 0.287. The lowest BCUT2D eigenvalue weighted by Gasteiger charge is -2.35. The second kappa shape index (κ2) is 5.21. The second-order valence-electron chi connectivity index (χ2n) is 3.90. The summed E-state index contributed by atoms with van der Waals surface area (Å²) in [7, 11) is 0. The van der Waals surface area contributed by atoms with Crippen molar-refractivity contribution in [3.05, 3.63) is 0 Å². The van der Waals surface area contributed by atoms with Crippen molar-refractivity contribution in [1.82, 2.24) is 4.90 Å². The van der Waals surface area contributed by atoms with Crippen molar-refractivity contribution in [3.8, 4) is 6.07 Å². The maximum atomic E-state index is 9.03. The zero-order valence-corrected chi connectivity index (χ0v) is 8.24. The Morgan fingerprint density at radius 3 is 3.08 bits per heavy atom. The van der Waals surface area contributed by atoms with Crippen LogP contribution >= 0.6 is 0 Å². The molecule has 1 heterocycles. The molecule has 0 aromatic carbocycles. The van der Waals surface area contributed by atoms with Gasteiger partial charge < -0.3 is 5.11 Å². The van der Waals surface area contributed by atoms with Gasteiger partial charge in [-0.2, -0.15) is 5.26 Å². The number of hydrogen-bond acceptors (Lipinski definition) is 3. The SMILES string of the molecule is CC(CC#N)N1CCCC(CO)C1. The van der Waals surface area contributed by atoms with Crippen molar-refractivity contribution in [3.63, 3.8) is 0 Å². The molecule has 0 radical (unpaired) electrons. The molecule has 0 aliphatic carbocycles. The van der Waals surface area contributed by atoms with Crippen LogP contribution in [0, 0.1) is 17.2 Å². The second-order valence-corrected chi connectivity index (χ2v) is 3.90. The molecule has 0 aromatic rings. The van der Waals surface area contributed by atoms with Gasteiger partial charge in [0, 0.05) is 19.2 Å².